The summed E-state index contributed by atoms with van der Waals surface area (Å²) in [5, 5.41) is 4.20. The second kappa shape index (κ2) is 5.93. The van der Waals surface area contributed by atoms with Crippen molar-refractivity contribution in [3.63, 3.8) is 0 Å². The van der Waals surface area contributed by atoms with Gasteiger partial charge in [-0.25, -0.2) is 13.8 Å². The molecule has 0 saturated heterocycles. The number of aromatic nitrogens is 1. The molecule has 0 fully saturated rings. The van der Waals surface area contributed by atoms with Crippen molar-refractivity contribution in [2.75, 3.05) is 25.0 Å². The Morgan fingerprint density at radius 2 is 2.20 bits per heavy atom. The van der Waals surface area contributed by atoms with Crippen LogP contribution in [0.2, 0.25) is 0 Å². The topological polar surface area (TPSA) is 28.2 Å². The summed E-state index contributed by atoms with van der Waals surface area (Å²) in [5.74, 6) is 0. The normalized spacial score (nSPS) is 21.1. The molecule has 20 heavy (non-hydrogen) atoms. The average Bonchev–Trinajstić information content (AvgIpc) is 2.70. The third kappa shape index (κ3) is 3.47. The van der Waals surface area contributed by atoms with Crippen LogP contribution in [0.15, 0.2) is 0 Å². The van der Waals surface area contributed by atoms with Crippen LogP contribution in [-0.2, 0) is 6.42 Å². The average molecular weight is 303 g/mol. The molecule has 0 aromatic carbocycles. The smallest absolute Gasteiger partial charge is 0.255 e. The molecule has 6 heteroatoms. The lowest BCUT2D eigenvalue weighted by atomic mass is 9.76. The number of nitrogens with zero attached hydrogens (tertiary/aromatic N) is 2. The zero-order chi connectivity index (χ0) is 14.9. The first-order valence-electron chi connectivity index (χ1n) is 7.04. The number of anilines is 1. The first kappa shape index (κ1) is 15.6. The van der Waals surface area contributed by atoms with Gasteiger partial charge in [-0.1, -0.05) is 32.1 Å². The minimum absolute atomic E-state index is 0.201. The molecule has 1 heterocycles. The summed E-state index contributed by atoms with van der Waals surface area (Å²) >= 11 is 1.55. The van der Waals surface area contributed by atoms with Crippen LogP contribution >= 0.6 is 11.3 Å². The van der Waals surface area contributed by atoms with E-state index in [4.69, 9.17) is 0 Å². The van der Waals surface area contributed by atoms with Crippen molar-refractivity contribution in [2.45, 2.75) is 46.1 Å². The summed E-state index contributed by atoms with van der Waals surface area (Å²) in [6.45, 7) is 7.21. The van der Waals surface area contributed by atoms with Crippen molar-refractivity contribution >= 4 is 16.5 Å². The first-order valence-corrected chi connectivity index (χ1v) is 7.86. The van der Waals surface area contributed by atoms with Gasteiger partial charge >= 0.3 is 0 Å². The molecule has 0 spiro atoms. The van der Waals surface area contributed by atoms with Gasteiger partial charge in [-0.05, 0) is 24.8 Å². The molecule has 1 aromatic rings. The predicted molar refractivity (Wildman–Crippen MR) is 79.9 cm³/mol. The molecule has 0 amide bonds. The van der Waals surface area contributed by atoms with Crippen LogP contribution in [-0.4, -0.2) is 31.5 Å². The predicted octanol–water partition coefficient (Wildman–Crippen LogP) is 3.47. The summed E-state index contributed by atoms with van der Waals surface area (Å²) in [4.78, 5) is 7.39. The zero-order valence-corrected chi connectivity index (χ0v) is 13.4. The van der Waals surface area contributed by atoms with Gasteiger partial charge in [0, 0.05) is 18.0 Å². The fourth-order valence-electron chi connectivity index (χ4n) is 2.78. The molecule has 0 radical (unpaired) electrons. The minimum Gasteiger partial charge on any atom is -0.345 e. The second-order valence-corrected chi connectivity index (χ2v) is 7.24. The Labute approximate surface area is 123 Å². The molecule has 3 nitrogen and oxygen atoms in total. The van der Waals surface area contributed by atoms with E-state index in [0.717, 1.165) is 25.1 Å². The van der Waals surface area contributed by atoms with Crippen LogP contribution < -0.4 is 10.2 Å². The van der Waals surface area contributed by atoms with Crippen LogP contribution in [0.4, 0.5) is 13.9 Å². The van der Waals surface area contributed by atoms with Gasteiger partial charge < -0.3 is 10.2 Å². The van der Waals surface area contributed by atoms with E-state index in [1.807, 2.05) is 0 Å². The van der Waals surface area contributed by atoms with Crippen molar-refractivity contribution in [1.82, 2.24) is 10.3 Å². The Balaban J connectivity index is 2.26. The molecule has 1 aliphatic rings. The second-order valence-electron chi connectivity index (χ2n) is 6.23. The number of thiazole rings is 1. The van der Waals surface area contributed by atoms with E-state index in [1.165, 1.54) is 4.88 Å². The van der Waals surface area contributed by atoms with Gasteiger partial charge in [0.15, 0.2) is 5.13 Å². The highest BCUT2D eigenvalue weighted by Gasteiger charge is 2.35. The van der Waals surface area contributed by atoms with Crippen molar-refractivity contribution in [3.8, 4) is 0 Å². The molecule has 0 saturated carbocycles. The van der Waals surface area contributed by atoms with Gasteiger partial charge in [0.1, 0.15) is 0 Å². The van der Waals surface area contributed by atoms with Crippen molar-refractivity contribution < 1.29 is 8.78 Å². The van der Waals surface area contributed by atoms with E-state index < -0.39 is 6.43 Å². The lowest BCUT2D eigenvalue weighted by Crippen LogP contribution is -2.32. The summed E-state index contributed by atoms with van der Waals surface area (Å²) in [6.07, 6.45) is -0.348. The molecule has 0 bridgehead atoms. The molecule has 1 aromatic heterocycles. The number of rotatable bonds is 5. The van der Waals surface area contributed by atoms with Gasteiger partial charge in [0.25, 0.3) is 6.43 Å². The molecule has 2 rings (SSSR count). The SMILES string of the molecule is CCNC1CC(C)(C)Cc2nc(N(C)CC(F)F)sc21. The van der Waals surface area contributed by atoms with Crippen molar-refractivity contribution in [2.24, 2.45) is 5.41 Å². The van der Waals surface area contributed by atoms with E-state index in [0.29, 0.717) is 11.2 Å². The maximum Gasteiger partial charge on any atom is 0.255 e. The van der Waals surface area contributed by atoms with E-state index >= 15 is 0 Å². The van der Waals surface area contributed by atoms with Gasteiger partial charge in [-0.15, -0.1) is 0 Å². The number of alkyl halides is 2. The number of hydrogen-bond acceptors (Lipinski definition) is 4. The number of halogens is 2. The van der Waals surface area contributed by atoms with Crippen LogP contribution in [0.1, 0.15) is 43.8 Å². The van der Waals surface area contributed by atoms with Gasteiger partial charge in [-0.2, -0.15) is 0 Å². The molecular weight excluding hydrogens is 280 g/mol. The number of fused-ring (bicyclic) bond motifs is 1. The molecule has 1 N–H and O–H groups in total. The Bertz CT molecular complexity index is 459. The highest BCUT2D eigenvalue weighted by molar-refractivity contribution is 7.15. The monoisotopic (exact) mass is 303 g/mol. The summed E-state index contributed by atoms with van der Waals surface area (Å²) in [5.41, 5.74) is 1.28. The molecule has 1 atom stereocenters. The number of nitrogens with one attached hydrogen (secondary N) is 1. The molecule has 1 unspecified atom stereocenters. The molecule has 114 valence electrons. The Kier molecular flexibility index (Phi) is 4.64. The Morgan fingerprint density at radius 1 is 1.50 bits per heavy atom. The van der Waals surface area contributed by atoms with Crippen LogP contribution in [0.3, 0.4) is 0 Å². The fraction of sp³-hybridized carbons (Fsp3) is 0.786. The number of hydrogen-bond donors (Lipinski definition) is 1. The van der Waals surface area contributed by atoms with Gasteiger partial charge in [0.05, 0.1) is 12.2 Å². The first-order chi connectivity index (χ1) is 9.32. The highest BCUT2D eigenvalue weighted by Crippen LogP contribution is 2.44. The lowest BCUT2D eigenvalue weighted by Gasteiger charge is -2.34. The third-order valence-electron chi connectivity index (χ3n) is 3.62. The maximum atomic E-state index is 12.5. The fourth-order valence-corrected chi connectivity index (χ4v) is 3.91. The van der Waals surface area contributed by atoms with Crippen molar-refractivity contribution in [1.29, 1.82) is 0 Å². The standard InChI is InChI=1S/C14H23F2N3S/c1-5-17-9-6-14(2,3)7-10-12(9)20-13(18-10)19(4)8-11(15)16/h9,11,17H,5-8H2,1-4H3. The summed E-state index contributed by atoms with van der Waals surface area (Å²) in [7, 11) is 1.68. The molecule has 0 aliphatic heterocycles. The van der Waals surface area contributed by atoms with E-state index in [9.17, 15) is 8.78 Å². The highest BCUT2D eigenvalue weighted by atomic mass is 32.1. The largest absolute Gasteiger partial charge is 0.345 e. The van der Waals surface area contributed by atoms with E-state index in [2.05, 4.69) is 31.1 Å². The van der Waals surface area contributed by atoms with Crippen LogP contribution in [0.25, 0.3) is 0 Å². The summed E-state index contributed by atoms with van der Waals surface area (Å²) in [6, 6.07) is 0.296. The van der Waals surface area contributed by atoms with Crippen molar-refractivity contribution in [3.05, 3.63) is 10.6 Å². The molecular formula is C14H23F2N3S. The lowest BCUT2D eigenvalue weighted by molar-refractivity contribution is 0.156. The van der Waals surface area contributed by atoms with Crippen LogP contribution in [0.5, 0.6) is 0 Å². The van der Waals surface area contributed by atoms with Gasteiger partial charge in [0.2, 0.25) is 0 Å². The van der Waals surface area contributed by atoms with E-state index in [-0.39, 0.29) is 12.0 Å². The Morgan fingerprint density at radius 3 is 2.80 bits per heavy atom. The summed E-state index contributed by atoms with van der Waals surface area (Å²) < 4.78 is 25.0. The van der Waals surface area contributed by atoms with Crippen LogP contribution in [0, 0.1) is 5.41 Å². The maximum absolute atomic E-state index is 12.5. The quantitative estimate of drug-likeness (QED) is 0.903. The third-order valence-corrected chi connectivity index (χ3v) is 4.95. The molecule has 1 aliphatic carbocycles. The van der Waals surface area contributed by atoms with E-state index in [1.54, 1.807) is 23.3 Å². The minimum atomic E-state index is -2.33. The zero-order valence-electron chi connectivity index (χ0n) is 12.5. The Hall–Kier alpha value is -0.750. The van der Waals surface area contributed by atoms with Gasteiger partial charge in [-0.3, -0.25) is 0 Å².